The van der Waals surface area contributed by atoms with Crippen LogP contribution < -0.4 is 4.90 Å². The normalized spacial score (nSPS) is 16.5. The lowest BCUT2D eigenvalue weighted by molar-refractivity contribution is 0.473. The van der Waals surface area contributed by atoms with Crippen LogP contribution in [0.4, 0.5) is 11.4 Å². The van der Waals surface area contributed by atoms with Crippen LogP contribution in [0.3, 0.4) is 0 Å². The number of rotatable bonds is 1. The predicted octanol–water partition coefficient (Wildman–Crippen LogP) is 2.83. The van der Waals surface area contributed by atoms with Gasteiger partial charge in [0, 0.05) is 18.0 Å². The molecule has 0 fully saturated rings. The van der Waals surface area contributed by atoms with E-state index in [-0.39, 0.29) is 16.4 Å². The molecule has 1 aliphatic heterocycles. The lowest BCUT2D eigenvalue weighted by atomic mass is 10.2. The van der Waals surface area contributed by atoms with Crippen molar-refractivity contribution in [3.05, 3.63) is 60.8 Å². The average Bonchev–Trinajstić information content (AvgIpc) is 2.57. The van der Waals surface area contributed by atoms with Crippen LogP contribution in [0.1, 0.15) is 0 Å². The number of anilines is 2. The zero-order chi connectivity index (χ0) is 14.2. The molecule has 0 saturated carbocycles. The third kappa shape index (κ3) is 2.16. The van der Waals surface area contributed by atoms with Gasteiger partial charge in [0.05, 0.1) is 16.3 Å². The second kappa shape index (κ2) is 4.68. The summed E-state index contributed by atoms with van der Waals surface area (Å²) < 4.78 is 24.5. The largest absolute Gasteiger partial charge is 0.508 e. The van der Waals surface area contributed by atoms with Gasteiger partial charge in [0.25, 0.3) is 0 Å². The Morgan fingerprint density at radius 3 is 2.55 bits per heavy atom. The minimum atomic E-state index is -3.43. The molecule has 3 rings (SSSR count). The first kappa shape index (κ1) is 12.7. The number of phenolic OH excluding ortho intramolecular Hbond substituents is 1. The summed E-state index contributed by atoms with van der Waals surface area (Å²) in [5.41, 5.74) is 1.41. The summed E-state index contributed by atoms with van der Waals surface area (Å²) in [5, 5.41) is 9.57. The molecule has 0 spiro atoms. The topological polar surface area (TPSA) is 57.6 Å². The Morgan fingerprint density at radius 1 is 1.05 bits per heavy atom. The lowest BCUT2D eigenvalue weighted by Gasteiger charge is -2.21. The predicted molar refractivity (Wildman–Crippen MR) is 77.9 cm³/mol. The van der Waals surface area contributed by atoms with Gasteiger partial charge in [-0.3, -0.25) is 0 Å². The Hall–Kier alpha value is -2.27. The first-order chi connectivity index (χ1) is 9.58. The molecule has 20 heavy (non-hydrogen) atoms. The average molecular weight is 287 g/mol. The minimum absolute atomic E-state index is 0.0535. The highest BCUT2D eigenvalue weighted by molar-refractivity contribution is 7.91. The van der Waals surface area contributed by atoms with Crippen molar-refractivity contribution in [2.75, 3.05) is 10.7 Å². The van der Waals surface area contributed by atoms with Crippen molar-refractivity contribution in [1.82, 2.24) is 0 Å². The molecular weight excluding hydrogens is 274 g/mol. The Kier molecular flexibility index (Phi) is 2.99. The van der Waals surface area contributed by atoms with E-state index in [1.165, 1.54) is 12.1 Å². The number of fused-ring (bicyclic) bond motifs is 1. The molecule has 0 bridgehead atoms. The van der Waals surface area contributed by atoms with Crippen molar-refractivity contribution in [2.45, 2.75) is 4.90 Å². The summed E-state index contributed by atoms with van der Waals surface area (Å²) in [6.07, 6.45) is 3.36. The van der Waals surface area contributed by atoms with Gasteiger partial charge < -0.3 is 10.0 Å². The molecule has 4 nitrogen and oxygen atoms in total. The van der Waals surface area contributed by atoms with E-state index in [0.717, 1.165) is 5.69 Å². The van der Waals surface area contributed by atoms with Gasteiger partial charge >= 0.3 is 0 Å². The fourth-order valence-corrected chi connectivity index (χ4v) is 3.51. The fourth-order valence-electron chi connectivity index (χ4n) is 2.21. The number of benzene rings is 2. The number of hydrogen-bond acceptors (Lipinski definition) is 4. The summed E-state index contributed by atoms with van der Waals surface area (Å²) in [5.74, 6) is -0.130. The maximum absolute atomic E-state index is 12.2. The van der Waals surface area contributed by atoms with E-state index >= 15 is 0 Å². The quantitative estimate of drug-likeness (QED) is 0.876. The molecule has 1 N–H and O–H groups in total. The van der Waals surface area contributed by atoms with Gasteiger partial charge in [-0.1, -0.05) is 24.3 Å². The molecule has 5 heteroatoms. The Bertz CT molecular complexity index is 767. The highest BCUT2D eigenvalue weighted by Crippen LogP contribution is 2.36. The van der Waals surface area contributed by atoms with Crippen molar-refractivity contribution < 1.29 is 13.5 Å². The van der Waals surface area contributed by atoms with E-state index in [2.05, 4.69) is 0 Å². The molecule has 0 aromatic heterocycles. The summed E-state index contributed by atoms with van der Waals surface area (Å²) >= 11 is 0. The Labute approximate surface area is 117 Å². The highest BCUT2D eigenvalue weighted by Gasteiger charge is 2.24. The van der Waals surface area contributed by atoms with Gasteiger partial charge in [0.15, 0.2) is 9.84 Å². The van der Waals surface area contributed by atoms with Gasteiger partial charge in [-0.25, -0.2) is 8.42 Å². The Morgan fingerprint density at radius 2 is 1.80 bits per heavy atom. The molecule has 0 unspecified atom stereocenters. The van der Waals surface area contributed by atoms with Crippen molar-refractivity contribution in [3.63, 3.8) is 0 Å². The molecule has 1 aliphatic rings. The van der Waals surface area contributed by atoms with Crippen LogP contribution in [-0.4, -0.2) is 19.3 Å². The number of hydrogen-bond donors (Lipinski definition) is 1. The van der Waals surface area contributed by atoms with Crippen LogP contribution in [0.15, 0.2) is 65.7 Å². The zero-order valence-corrected chi connectivity index (χ0v) is 11.4. The number of aromatic hydroxyl groups is 1. The summed E-state index contributed by atoms with van der Waals surface area (Å²) in [7, 11) is -3.43. The maximum atomic E-state index is 12.2. The van der Waals surface area contributed by atoms with E-state index in [4.69, 9.17) is 0 Å². The maximum Gasteiger partial charge on any atom is 0.184 e. The summed E-state index contributed by atoms with van der Waals surface area (Å²) in [6.45, 7) is 0. The number of phenols is 1. The van der Waals surface area contributed by atoms with Crippen LogP contribution in [-0.2, 0) is 9.84 Å². The van der Waals surface area contributed by atoms with Crippen molar-refractivity contribution >= 4 is 21.2 Å². The molecule has 102 valence electrons. The fraction of sp³-hybridized carbons (Fsp3) is 0.0667. The molecule has 0 amide bonds. The minimum Gasteiger partial charge on any atom is -0.508 e. The summed E-state index contributed by atoms with van der Waals surface area (Å²) in [4.78, 5) is 1.95. The molecule has 0 radical (unpaired) electrons. The first-order valence-electron chi connectivity index (χ1n) is 6.15. The third-order valence-electron chi connectivity index (χ3n) is 3.14. The van der Waals surface area contributed by atoms with E-state index in [1.54, 1.807) is 23.2 Å². The molecule has 0 aliphatic carbocycles. The molecular formula is C15H13NO3S. The molecule has 1 heterocycles. The first-order valence-corrected chi connectivity index (χ1v) is 7.80. The number of sulfone groups is 1. The van der Waals surface area contributed by atoms with Crippen molar-refractivity contribution in [1.29, 1.82) is 0 Å². The standard InChI is InChI=1S/C15H13NO3S/c17-13-7-8-14-15(11-13)20(18,19)10-4-9-16(14)12-5-2-1-3-6-12/h1-9,11,17H,10H2. The van der Waals surface area contributed by atoms with Gasteiger partial charge in [0.2, 0.25) is 0 Å². The van der Waals surface area contributed by atoms with Gasteiger partial charge in [-0.05, 0) is 24.3 Å². The van der Waals surface area contributed by atoms with Gasteiger partial charge in [0.1, 0.15) is 5.75 Å². The van der Waals surface area contributed by atoms with Crippen LogP contribution in [0.5, 0.6) is 5.75 Å². The van der Waals surface area contributed by atoms with E-state index in [9.17, 15) is 13.5 Å². The Balaban J connectivity index is 2.24. The molecule has 0 saturated heterocycles. The highest BCUT2D eigenvalue weighted by atomic mass is 32.2. The summed E-state index contributed by atoms with van der Waals surface area (Å²) in [6, 6.07) is 13.9. The van der Waals surface area contributed by atoms with Gasteiger partial charge in [-0.15, -0.1) is 0 Å². The second-order valence-corrected chi connectivity index (χ2v) is 6.53. The smallest absolute Gasteiger partial charge is 0.184 e. The lowest BCUT2D eigenvalue weighted by Crippen LogP contribution is -2.10. The van der Waals surface area contributed by atoms with E-state index < -0.39 is 9.84 Å². The number of para-hydroxylation sites is 1. The number of nitrogens with zero attached hydrogens (tertiary/aromatic N) is 1. The molecule has 0 atom stereocenters. The third-order valence-corrected chi connectivity index (χ3v) is 4.77. The van der Waals surface area contributed by atoms with E-state index in [0.29, 0.717) is 5.69 Å². The molecule has 2 aromatic carbocycles. The van der Waals surface area contributed by atoms with Crippen molar-refractivity contribution in [2.24, 2.45) is 0 Å². The van der Waals surface area contributed by atoms with E-state index in [1.807, 2.05) is 30.3 Å². The van der Waals surface area contributed by atoms with Crippen LogP contribution in [0.2, 0.25) is 0 Å². The van der Waals surface area contributed by atoms with Crippen LogP contribution >= 0.6 is 0 Å². The second-order valence-electron chi connectivity index (χ2n) is 4.52. The van der Waals surface area contributed by atoms with Gasteiger partial charge in [-0.2, -0.15) is 0 Å². The molecule has 2 aromatic rings. The zero-order valence-electron chi connectivity index (χ0n) is 10.6. The van der Waals surface area contributed by atoms with Crippen LogP contribution in [0, 0.1) is 0 Å². The monoisotopic (exact) mass is 287 g/mol. The van der Waals surface area contributed by atoms with Crippen LogP contribution in [0.25, 0.3) is 0 Å². The van der Waals surface area contributed by atoms with Crippen molar-refractivity contribution in [3.8, 4) is 5.75 Å². The SMILES string of the molecule is O=S1(=O)CC=CN(c2ccccc2)c2ccc(O)cc21.